The summed E-state index contributed by atoms with van der Waals surface area (Å²) in [6.07, 6.45) is 1.26. The van der Waals surface area contributed by atoms with Gasteiger partial charge in [-0.1, -0.05) is 24.3 Å². The van der Waals surface area contributed by atoms with Crippen LogP contribution in [-0.2, 0) is 16.6 Å². The van der Waals surface area contributed by atoms with Crippen molar-refractivity contribution < 1.29 is 8.42 Å². The molecule has 1 aliphatic rings. The number of fused-ring (bicyclic) bond motifs is 2. The average Bonchev–Trinajstić information content (AvgIpc) is 3.16. The van der Waals surface area contributed by atoms with Crippen LogP contribution in [0.15, 0.2) is 59.4 Å². The molecule has 0 unspecified atom stereocenters. The minimum Gasteiger partial charge on any atom is -0.354 e. The summed E-state index contributed by atoms with van der Waals surface area (Å²) in [4.78, 5) is 21.2. The molecule has 3 heterocycles. The molecule has 1 aliphatic heterocycles. The summed E-state index contributed by atoms with van der Waals surface area (Å²) >= 11 is 0. The second-order valence-corrected chi connectivity index (χ2v) is 10.1. The van der Waals surface area contributed by atoms with Gasteiger partial charge in [-0.2, -0.15) is 4.31 Å². The lowest BCUT2D eigenvalue weighted by molar-refractivity contribution is 0.182. The van der Waals surface area contributed by atoms with Crippen LogP contribution >= 0.6 is 0 Å². The van der Waals surface area contributed by atoms with Gasteiger partial charge in [-0.25, -0.2) is 8.42 Å². The Kier molecular flexibility index (Phi) is 4.92. The fourth-order valence-electron chi connectivity index (χ4n) is 4.25. The number of pyridine rings is 1. The molecule has 0 amide bonds. The second kappa shape index (κ2) is 7.64. The maximum atomic E-state index is 12.6. The van der Waals surface area contributed by atoms with Gasteiger partial charge in [-0.3, -0.25) is 9.69 Å². The number of nitrogens with one attached hydrogen (secondary N) is 2. The molecule has 0 aliphatic carbocycles. The minimum absolute atomic E-state index is 0.116. The van der Waals surface area contributed by atoms with Crippen molar-refractivity contribution >= 4 is 31.8 Å². The van der Waals surface area contributed by atoms with E-state index in [1.807, 2.05) is 42.5 Å². The summed E-state index contributed by atoms with van der Waals surface area (Å²) in [5.41, 5.74) is 4.26. The third-order valence-corrected chi connectivity index (χ3v) is 7.24. The number of H-pyrrole nitrogens is 2. The Morgan fingerprint density at radius 3 is 2.39 bits per heavy atom. The Bertz CT molecular complexity index is 1430. The number of aromatic amines is 2. The zero-order valence-corrected chi connectivity index (χ0v) is 18.1. The predicted molar refractivity (Wildman–Crippen MR) is 124 cm³/mol. The Morgan fingerprint density at radius 1 is 0.871 bits per heavy atom. The molecule has 2 N–H and O–H groups in total. The number of hydrogen-bond donors (Lipinski definition) is 2. The van der Waals surface area contributed by atoms with Crippen LogP contribution in [0.1, 0.15) is 5.56 Å². The summed E-state index contributed by atoms with van der Waals surface area (Å²) < 4.78 is 24.9. The molecule has 2 aromatic heterocycles. The van der Waals surface area contributed by atoms with E-state index in [4.69, 9.17) is 0 Å². The first kappa shape index (κ1) is 20.0. The van der Waals surface area contributed by atoms with Crippen molar-refractivity contribution in [2.45, 2.75) is 6.54 Å². The lowest BCUT2D eigenvalue weighted by Gasteiger charge is -2.33. The second-order valence-electron chi connectivity index (χ2n) is 8.14. The fraction of sp³-hybridized carbons (Fsp3) is 0.261. The van der Waals surface area contributed by atoms with Gasteiger partial charge in [0.05, 0.1) is 17.5 Å². The first-order valence-corrected chi connectivity index (χ1v) is 12.1. The van der Waals surface area contributed by atoms with Gasteiger partial charge in [-0.05, 0) is 41.3 Å². The molecule has 1 fully saturated rings. The van der Waals surface area contributed by atoms with Crippen LogP contribution in [0.2, 0.25) is 0 Å². The Labute approximate surface area is 180 Å². The molecule has 0 atom stereocenters. The van der Waals surface area contributed by atoms with Gasteiger partial charge in [0.1, 0.15) is 0 Å². The van der Waals surface area contributed by atoms with Gasteiger partial charge < -0.3 is 9.97 Å². The summed E-state index contributed by atoms with van der Waals surface area (Å²) in [5.74, 6) is 0. The zero-order chi connectivity index (χ0) is 21.6. The molecule has 0 spiro atoms. The molecule has 31 heavy (non-hydrogen) atoms. The highest BCUT2D eigenvalue weighted by molar-refractivity contribution is 7.88. The Balaban J connectivity index is 1.39. The number of hydrogen-bond acceptors (Lipinski definition) is 4. The minimum atomic E-state index is -3.12. The van der Waals surface area contributed by atoms with Crippen molar-refractivity contribution in [2.24, 2.45) is 0 Å². The van der Waals surface area contributed by atoms with Gasteiger partial charge in [0.15, 0.2) is 0 Å². The summed E-state index contributed by atoms with van der Waals surface area (Å²) in [6, 6.07) is 17.9. The van der Waals surface area contributed by atoms with Crippen molar-refractivity contribution in [3.05, 3.63) is 70.5 Å². The number of aromatic nitrogens is 2. The van der Waals surface area contributed by atoms with Gasteiger partial charge in [0.25, 0.3) is 5.56 Å². The monoisotopic (exact) mass is 436 g/mol. The van der Waals surface area contributed by atoms with Crippen LogP contribution in [0.5, 0.6) is 0 Å². The summed E-state index contributed by atoms with van der Waals surface area (Å²) in [7, 11) is -3.12. The molecule has 0 saturated carbocycles. The third kappa shape index (κ3) is 4.01. The van der Waals surface area contributed by atoms with Crippen LogP contribution in [0.25, 0.3) is 33.1 Å². The first-order valence-electron chi connectivity index (χ1n) is 10.3. The maximum Gasteiger partial charge on any atom is 0.257 e. The number of sulfonamides is 1. The van der Waals surface area contributed by atoms with E-state index in [2.05, 4.69) is 27.0 Å². The van der Waals surface area contributed by atoms with Crippen molar-refractivity contribution in [3.8, 4) is 11.3 Å². The highest BCUT2D eigenvalue weighted by Crippen LogP contribution is 2.25. The molecule has 8 heteroatoms. The molecule has 5 rings (SSSR count). The number of benzene rings is 2. The van der Waals surface area contributed by atoms with Crippen LogP contribution in [-0.4, -0.2) is 60.0 Å². The van der Waals surface area contributed by atoms with Gasteiger partial charge in [0, 0.05) is 49.1 Å². The number of nitrogens with zero attached hydrogens (tertiary/aromatic N) is 2. The molecule has 0 radical (unpaired) electrons. The molecule has 4 aromatic rings. The first-order chi connectivity index (χ1) is 14.9. The van der Waals surface area contributed by atoms with Crippen LogP contribution in [0.4, 0.5) is 0 Å². The van der Waals surface area contributed by atoms with Gasteiger partial charge in [-0.15, -0.1) is 0 Å². The predicted octanol–water partition coefficient (Wildman–Crippen LogP) is 2.75. The molecule has 160 valence electrons. The normalized spacial score (nSPS) is 16.3. The van der Waals surface area contributed by atoms with E-state index in [-0.39, 0.29) is 5.56 Å². The highest BCUT2D eigenvalue weighted by atomic mass is 32.2. The van der Waals surface area contributed by atoms with Gasteiger partial charge in [0.2, 0.25) is 10.0 Å². The maximum absolute atomic E-state index is 12.6. The van der Waals surface area contributed by atoms with Crippen molar-refractivity contribution in [1.82, 2.24) is 19.2 Å². The van der Waals surface area contributed by atoms with E-state index in [1.54, 1.807) is 0 Å². The van der Waals surface area contributed by atoms with Crippen molar-refractivity contribution in [3.63, 3.8) is 0 Å². The zero-order valence-electron chi connectivity index (χ0n) is 17.3. The standard InChI is InChI=1S/C23H24N4O3S/c1-31(29,30)27-10-8-26(9-11-27)15-16-6-7-21-18(12-16)14-22(24-21)19-13-17-4-2-3-5-20(17)25-23(19)28/h2-7,12-14,24H,8-11,15H2,1H3,(H,25,28). The third-order valence-electron chi connectivity index (χ3n) is 5.94. The van der Waals surface area contributed by atoms with Crippen LogP contribution in [0.3, 0.4) is 0 Å². The van der Waals surface area contributed by atoms with E-state index < -0.39 is 10.0 Å². The highest BCUT2D eigenvalue weighted by Gasteiger charge is 2.23. The molecule has 7 nitrogen and oxygen atoms in total. The van der Waals surface area contributed by atoms with Crippen molar-refractivity contribution in [1.29, 1.82) is 0 Å². The van der Waals surface area contributed by atoms with E-state index in [1.165, 1.54) is 16.1 Å². The summed E-state index contributed by atoms with van der Waals surface area (Å²) in [5, 5.41) is 2.04. The lowest BCUT2D eigenvalue weighted by atomic mass is 10.1. The van der Waals surface area contributed by atoms with Crippen LogP contribution in [0, 0.1) is 0 Å². The fourth-order valence-corrected chi connectivity index (χ4v) is 5.08. The summed E-state index contributed by atoms with van der Waals surface area (Å²) in [6.45, 7) is 3.26. The molecule has 1 saturated heterocycles. The molecular formula is C23H24N4O3S. The number of piperazine rings is 1. The van der Waals surface area contributed by atoms with E-state index >= 15 is 0 Å². The van der Waals surface area contributed by atoms with Crippen LogP contribution < -0.4 is 5.56 Å². The number of rotatable bonds is 4. The topological polar surface area (TPSA) is 89.3 Å². The largest absolute Gasteiger partial charge is 0.354 e. The molecular weight excluding hydrogens is 412 g/mol. The SMILES string of the molecule is CS(=O)(=O)N1CCN(Cc2ccc3[nH]c(-c4cc5ccccc5[nH]c4=O)cc3c2)CC1. The molecule has 0 bridgehead atoms. The number of para-hydroxylation sites is 1. The molecule has 2 aromatic carbocycles. The average molecular weight is 437 g/mol. The van der Waals surface area contributed by atoms with E-state index in [0.29, 0.717) is 18.7 Å². The quantitative estimate of drug-likeness (QED) is 0.515. The smallest absolute Gasteiger partial charge is 0.257 e. The van der Waals surface area contributed by atoms with Crippen molar-refractivity contribution in [2.75, 3.05) is 32.4 Å². The Hall–Kier alpha value is -2.94. The van der Waals surface area contributed by atoms with E-state index in [9.17, 15) is 13.2 Å². The van der Waals surface area contributed by atoms with E-state index in [0.717, 1.165) is 47.1 Å². The van der Waals surface area contributed by atoms with Gasteiger partial charge >= 0.3 is 0 Å². The Morgan fingerprint density at radius 2 is 1.61 bits per heavy atom. The lowest BCUT2D eigenvalue weighted by Crippen LogP contribution is -2.47.